The van der Waals surface area contributed by atoms with E-state index in [2.05, 4.69) is 5.32 Å². The summed E-state index contributed by atoms with van der Waals surface area (Å²) in [5, 5.41) is 34.9. The standard InChI is InChI=1S/C27H26N2O6/c30-23-22(14-29-25(32)20-8-4-5-9-21(20)26(29)33)35-16-27(23,34)15-28-24(31)19-12-10-18(11-13-19)17-6-2-1-3-7-17/h1-13,22-23,25,30,32,34H,14-16H2,(H,28,31)/t22-,23-,25?,27+/m1/s1. The molecule has 0 bridgehead atoms. The van der Waals surface area contributed by atoms with Gasteiger partial charge in [-0.2, -0.15) is 0 Å². The van der Waals surface area contributed by atoms with Crippen LogP contribution in [0.2, 0.25) is 0 Å². The third-order valence-electron chi connectivity index (χ3n) is 6.66. The van der Waals surface area contributed by atoms with E-state index in [1.165, 1.54) is 4.90 Å². The molecular weight excluding hydrogens is 448 g/mol. The molecule has 2 aliphatic heterocycles. The lowest BCUT2D eigenvalue weighted by Gasteiger charge is -2.29. The summed E-state index contributed by atoms with van der Waals surface area (Å²) in [5.74, 6) is -0.763. The number of aliphatic hydroxyl groups is 3. The fourth-order valence-electron chi connectivity index (χ4n) is 4.59. The van der Waals surface area contributed by atoms with E-state index in [0.717, 1.165) is 11.1 Å². The highest BCUT2D eigenvalue weighted by Gasteiger charge is 2.50. The normalized spacial score (nSPS) is 25.5. The number of aliphatic hydroxyl groups excluding tert-OH is 2. The number of nitrogens with one attached hydrogen (secondary N) is 1. The number of carbonyl (C=O) groups is 2. The lowest BCUT2D eigenvalue weighted by molar-refractivity contribution is -0.0569. The molecule has 2 amide bonds. The smallest absolute Gasteiger partial charge is 0.256 e. The maximum atomic E-state index is 12.7. The van der Waals surface area contributed by atoms with Gasteiger partial charge in [-0.3, -0.25) is 9.59 Å². The van der Waals surface area contributed by atoms with Gasteiger partial charge < -0.3 is 30.3 Å². The number of ether oxygens (including phenoxy) is 1. The van der Waals surface area contributed by atoms with Crippen LogP contribution in [-0.4, -0.2) is 69.5 Å². The summed E-state index contributed by atoms with van der Waals surface area (Å²) in [6, 6.07) is 23.6. The highest BCUT2D eigenvalue weighted by Crippen LogP contribution is 2.34. The molecule has 180 valence electrons. The number of hydrogen-bond acceptors (Lipinski definition) is 6. The molecule has 0 aromatic heterocycles. The van der Waals surface area contributed by atoms with Gasteiger partial charge >= 0.3 is 0 Å². The highest BCUT2D eigenvalue weighted by molar-refractivity contribution is 5.99. The first-order valence-corrected chi connectivity index (χ1v) is 11.4. The predicted molar refractivity (Wildman–Crippen MR) is 127 cm³/mol. The first-order chi connectivity index (χ1) is 16.9. The van der Waals surface area contributed by atoms with E-state index < -0.39 is 29.9 Å². The van der Waals surface area contributed by atoms with Crippen molar-refractivity contribution < 1.29 is 29.6 Å². The number of benzene rings is 3. The quantitative estimate of drug-likeness (QED) is 0.432. The minimum absolute atomic E-state index is 0.104. The van der Waals surface area contributed by atoms with Crippen LogP contribution < -0.4 is 5.32 Å². The van der Waals surface area contributed by atoms with Crippen LogP contribution in [0.25, 0.3) is 11.1 Å². The summed E-state index contributed by atoms with van der Waals surface area (Å²) in [5.41, 5.74) is 1.59. The van der Waals surface area contributed by atoms with Crippen LogP contribution in [0.3, 0.4) is 0 Å². The highest BCUT2D eigenvalue weighted by atomic mass is 16.5. The fraction of sp³-hybridized carbons (Fsp3) is 0.259. The lowest BCUT2D eigenvalue weighted by Crippen LogP contribution is -2.53. The van der Waals surface area contributed by atoms with Crippen LogP contribution in [0.5, 0.6) is 0 Å². The van der Waals surface area contributed by atoms with Crippen molar-refractivity contribution in [1.29, 1.82) is 0 Å². The van der Waals surface area contributed by atoms with Gasteiger partial charge in [0, 0.05) is 16.7 Å². The van der Waals surface area contributed by atoms with E-state index >= 15 is 0 Å². The largest absolute Gasteiger partial charge is 0.387 e. The molecule has 8 heteroatoms. The van der Waals surface area contributed by atoms with Gasteiger partial charge in [0.1, 0.15) is 17.8 Å². The molecule has 8 nitrogen and oxygen atoms in total. The van der Waals surface area contributed by atoms with Crippen LogP contribution in [-0.2, 0) is 4.74 Å². The molecular formula is C27H26N2O6. The number of nitrogens with zero attached hydrogens (tertiary/aromatic N) is 1. The second-order valence-electron chi connectivity index (χ2n) is 8.94. The van der Waals surface area contributed by atoms with Gasteiger partial charge in [0.05, 0.1) is 19.7 Å². The molecule has 5 rings (SSSR count). The Balaban J connectivity index is 1.19. The number of carbonyl (C=O) groups excluding carboxylic acids is 2. The minimum Gasteiger partial charge on any atom is -0.387 e. The Kier molecular flexibility index (Phi) is 6.12. The van der Waals surface area contributed by atoms with Crippen LogP contribution in [0.4, 0.5) is 0 Å². The van der Waals surface area contributed by atoms with E-state index in [1.54, 1.807) is 36.4 Å². The summed E-state index contributed by atoms with van der Waals surface area (Å²) in [6.45, 7) is -0.565. The number of hydrogen-bond donors (Lipinski definition) is 4. The van der Waals surface area contributed by atoms with Gasteiger partial charge in [-0.15, -0.1) is 0 Å². The molecule has 0 saturated carbocycles. The Morgan fingerprint density at radius 1 is 0.971 bits per heavy atom. The molecule has 2 heterocycles. The van der Waals surface area contributed by atoms with Crippen molar-refractivity contribution >= 4 is 11.8 Å². The Bertz CT molecular complexity index is 1230. The molecule has 3 aromatic rings. The molecule has 4 atom stereocenters. The maximum absolute atomic E-state index is 12.7. The van der Waals surface area contributed by atoms with Gasteiger partial charge in [0.2, 0.25) is 0 Å². The van der Waals surface area contributed by atoms with Crippen molar-refractivity contribution in [3.8, 4) is 11.1 Å². The monoisotopic (exact) mass is 474 g/mol. The number of rotatable bonds is 6. The average molecular weight is 475 g/mol. The van der Waals surface area contributed by atoms with Gasteiger partial charge in [0.25, 0.3) is 11.8 Å². The van der Waals surface area contributed by atoms with Crippen molar-refractivity contribution in [3.05, 3.63) is 95.6 Å². The van der Waals surface area contributed by atoms with E-state index in [9.17, 15) is 24.9 Å². The third kappa shape index (κ3) is 4.33. The van der Waals surface area contributed by atoms with Crippen LogP contribution in [0, 0.1) is 0 Å². The van der Waals surface area contributed by atoms with E-state index in [4.69, 9.17) is 4.74 Å². The maximum Gasteiger partial charge on any atom is 0.256 e. The lowest BCUT2D eigenvalue weighted by atomic mass is 9.96. The molecule has 0 spiro atoms. The van der Waals surface area contributed by atoms with Crippen molar-refractivity contribution in [2.45, 2.75) is 24.0 Å². The first-order valence-electron chi connectivity index (χ1n) is 11.4. The van der Waals surface area contributed by atoms with Crippen LogP contribution >= 0.6 is 0 Å². The molecule has 0 radical (unpaired) electrons. The summed E-state index contributed by atoms with van der Waals surface area (Å²) >= 11 is 0. The van der Waals surface area contributed by atoms with Gasteiger partial charge in [-0.25, -0.2) is 0 Å². The van der Waals surface area contributed by atoms with Crippen molar-refractivity contribution in [2.75, 3.05) is 19.7 Å². The van der Waals surface area contributed by atoms with Gasteiger partial charge in [-0.05, 0) is 29.3 Å². The molecule has 4 N–H and O–H groups in total. The summed E-state index contributed by atoms with van der Waals surface area (Å²) in [4.78, 5) is 26.5. The predicted octanol–water partition coefficient (Wildman–Crippen LogP) is 1.72. The second-order valence-corrected chi connectivity index (χ2v) is 8.94. The number of fused-ring (bicyclic) bond motifs is 1. The van der Waals surface area contributed by atoms with Gasteiger partial charge in [-0.1, -0.05) is 60.7 Å². The van der Waals surface area contributed by atoms with E-state index in [1.807, 2.05) is 42.5 Å². The van der Waals surface area contributed by atoms with E-state index in [-0.39, 0.29) is 25.6 Å². The zero-order valence-electron chi connectivity index (χ0n) is 18.9. The molecule has 1 fully saturated rings. The SMILES string of the molecule is O=C(NC[C@]1(O)CO[C@H](CN2C(=O)c3ccccc3C2O)[C@H]1O)c1ccc(-c2ccccc2)cc1. The Labute approximate surface area is 202 Å². The van der Waals surface area contributed by atoms with Gasteiger partial charge in [0.15, 0.2) is 6.23 Å². The zero-order chi connectivity index (χ0) is 24.6. The summed E-state index contributed by atoms with van der Waals surface area (Å²) in [7, 11) is 0. The fourth-order valence-corrected chi connectivity index (χ4v) is 4.59. The molecule has 1 saturated heterocycles. The Hall–Kier alpha value is -3.56. The van der Waals surface area contributed by atoms with E-state index in [0.29, 0.717) is 16.7 Å². The molecule has 1 unspecified atom stereocenters. The van der Waals surface area contributed by atoms with Crippen molar-refractivity contribution in [1.82, 2.24) is 10.2 Å². The first kappa shape index (κ1) is 23.2. The molecule has 2 aliphatic rings. The molecule has 35 heavy (non-hydrogen) atoms. The average Bonchev–Trinajstić information content (AvgIpc) is 3.31. The topological polar surface area (TPSA) is 119 Å². The van der Waals surface area contributed by atoms with Crippen LogP contribution in [0.15, 0.2) is 78.9 Å². The number of amides is 2. The minimum atomic E-state index is -1.73. The Morgan fingerprint density at radius 3 is 2.34 bits per heavy atom. The second kappa shape index (κ2) is 9.24. The van der Waals surface area contributed by atoms with Crippen molar-refractivity contribution in [2.24, 2.45) is 0 Å². The molecule has 3 aromatic carbocycles. The zero-order valence-corrected chi connectivity index (χ0v) is 18.9. The Morgan fingerprint density at radius 2 is 1.63 bits per heavy atom. The third-order valence-corrected chi connectivity index (χ3v) is 6.66. The summed E-state index contributed by atoms with van der Waals surface area (Å²) in [6.07, 6.45) is -3.44. The van der Waals surface area contributed by atoms with Crippen molar-refractivity contribution in [3.63, 3.8) is 0 Å². The summed E-state index contributed by atoms with van der Waals surface area (Å²) < 4.78 is 5.58. The van der Waals surface area contributed by atoms with Crippen LogP contribution in [0.1, 0.15) is 32.5 Å². The molecule has 0 aliphatic carbocycles.